The molecule has 1 heterocycles. The first-order valence-corrected chi connectivity index (χ1v) is 23.0. The Labute approximate surface area is 389 Å². The molecule has 1 aromatic heterocycles. The average molecular weight is 854 g/mol. The van der Waals surface area contributed by atoms with Gasteiger partial charge in [-0.15, -0.1) is 0 Å². The Morgan fingerprint density at radius 3 is 1.22 bits per heavy atom. The van der Waals surface area contributed by atoms with Gasteiger partial charge in [0.15, 0.2) is 0 Å². The lowest BCUT2D eigenvalue weighted by Crippen LogP contribution is -2.12. The Morgan fingerprint density at radius 2 is 0.657 bits per heavy atom. The van der Waals surface area contributed by atoms with Gasteiger partial charge in [-0.2, -0.15) is 0 Å². The molecule has 0 unspecified atom stereocenters. The molecule has 0 fully saturated rings. The number of rotatable bonds is 9. The minimum absolute atomic E-state index is 1.07. The zero-order valence-electron chi connectivity index (χ0n) is 36.7. The monoisotopic (exact) mass is 853 g/mol. The highest BCUT2D eigenvalue weighted by molar-refractivity contribution is 6.33. The molecule has 0 N–H and O–H groups in total. The van der Waals surface area contributed by atoms with E-state index in [4.69, 9.17) is 0 Å². The van der Waals surface area contributed by atoms with Crippen LogP contribution < -0.4 is 9.80 Å². The van der Waals surface area contributed by atoms with E-state index in [1.807, 2.05) is 0 Å². The second-order valence-electron chi connectivity index (χ2n) is 17.3. The third-order valence-corrected chi connectivity index (χ3v) is 13.5. The molecule has 0 aliphatic rings. The van der Waals surface area contributed by atoms with E-state index in [1.54, 1.807) is 0 Å². The molecule has 0 aliphatic carbocycles. The van der Waals surface area contributed by atoms with Crippen LogP contribution in [0.5, 0.6) is 0 Å². The van der Waals surface area contributed by atoms with Crippen LogP contribution in [-0.4, -0.2) is 4.57 Å². The molecule has 13 aromatic rings. The van der Waals surface area contributed by atoms with Crippen molar-refractivity contribution >= 4 is 88.2 Å². The van der Waals surface area contributed by atoms with Crippen molar-refractivity contribution in [2.45, 2.75) is 0 Å². The molecular weight excluding hydrogens is 811 g/mol. The predicted molar refractivity (Wildman–Crippen MR) is 285 cm³/mol. The lowest BCUT2D eigenvalue weighted by Gasteiger charge is -2.28. The van der Waals surface area contributed by atoms with Crippen molar-refractivity contribution in [3.8, 4) is 27.9 Å². The van der Waals surface area contributed by atoms with Crippen molar-refractivity contribution in [3.05, 3.63) is 261 Å². The van der Waals surface area contributed by atoms with Crippen LogP contribution in [0.3, 0.4) is 0 Å². The average Bonchev–Trinajstić information content (AvgIpc) is 3.73. The summed E-state index contributed by atoms with van der Waals surface area (Å²) in [7, 11) is 0. The number of aromatic nitrogens is 1. The third kappa shape index (κ3) is 6.59. The molecule has 0 saturated heterocycles. The molecule has 0 atom stereocenters. The Hall–Kier alpha value is -8.92. The maximum Gasteiger partial charge on any atom is 0.0553 e. The molecule has 0 aliphatic heterocycles. The highest BCUT2D eigenvalue weighted by Crippen LogP contribution is 2.45. The van der Waals surface area contributed by atoms with Crippen molar-refractivity contribution in [2.24, 2.45) is 0 Å². The summed E-state index contributed by atoms with van der Waals surface area (Å²) in [6, 6.07) is 94.7. The molecule has 3 nitrogen and oxygen atoms in total. The van der Waals surface area contributed by atoms with Crippen LogP contribution in [0.2, 0.25) is 0 Å². The molecule has 0 radical (unpaired) electrons. The maximum atomic E-state index is 2.46. The minimum Gasteiger partial charge on any atom is -0.311 e. The molecule has 314 valence electrons. The molecule has 13 rings (SSSR count). The molecule has 0 saturated carbocycles. The number of para-hydroxylation sites is 3. The normalized spacial score (nSPS) is 11.6. The summed E-state index contributed by atoms with van der Waals surface area (Å²) >= 11 is 0. The van der Waals surface area contributed by atoms with Gasteiger partial charge in [-0.1, -0.05) is 164 Å². The lowest BCUT2D eigenvalue weighted by atomic mass is 9.92. The summed E-state index contributed by atoms with van der Waals surface area (Å²) in [5.41, 5.74) is 14.8. The van der Waals surface area contributed by atoms with E-state index in [2.05, 4.69) is 275 Å². The fourth-order valence-corrected chi connectivity index (χ4v) is 10.4. The van der Waals surface area contributed by atoms with E-state index < -0.39 is 0 Å². The topological polar surface area (TPSA) is 11.4 Å². The Morgan fingerprint density at radius 1 is 0.239 bits per heavy atom. The number of hydrogen-bond donors (Lipinski definition) is 0. The van der Waals surface area contributed by atoms with E-state index in [0.717, 1.165) is 45.4 Å². The summed E-state index contributed by atoms with van der Waals surface area (Å²) < 4.78 is 2.46. The van der Waals surface area contributed by atoms with Crippen LogP contribution in [-0.2, 0) is 0 Å². The van der Waals surface area contributed by atoms with Gasteiger partial charge in [0.25, 0.3) is 0 Å². The fraction of sp³-hybridized carbons (Fsp3) is 0. The molecular formula is C64H43N3. The number of benzene rings is 12. The second-order valence-corrected chi connectivity index (χ2v) is 17.3. The molecule has 67 heavy (non-hydrogen) atoms. The van der Waals surface area contributed by atoms with Crippen molar-refractivity contribution in [2.75, 3.05) is 9.80 Å². The Kier molecular flexibility index (Phi) is 9.17. The van der Waals surface area contributed by atoms with Gasteiger partial charge in [0, 0.05) is 50.6 Å². The summed E-state index contributed by atoms with van der Waals surface area (Å²) in [6.07, 6.45) is 0. The summed E-state index contributed by atoms with van der Waals surface area (Å²) in [4.78, 5) is 4.66. The highest BCUT2D eigenvalue weighted by Gasteiger charge is 2.21. The van der Waals surface area contributed by atoms with Gasteiger partial charge in [-0.3, -0.25) is 0 Å². The van der Waals surface area contributed by atoms with Crippen molar-refractivity contribution < 1.29 is 0 Å². The molecule has 0 spiro atoms. The summed E-state index contributed by atoms with van der Waals surface area (Å²) in [6.45, 7) is 0. The molecule has 12 aromatic carbocycles. The van der Waals surface area contributed by atoms with Gasteiger partial charge in [0.2, 0.25) is 0 Å². The van der Waals surface area contributed by atoms with Gasteiger partial charge in [0.1, 0.15) is 0 Å². The molecule has 0 amide bonds. The first-order chi connectivity index (χ1) is 33.2. The standard InChI is InChI=1S/C64H43N3/c1-5-14-44(15-6-1)45-26-32-54(33-27-45)66(57-38-36-56(37-39-57)65(51-18-7-2-8-19-51)52-20-9-3-10-21-52)55-34-28-46(29-35-55)49-31-40-58-60(42-49)67(53-22-11-4-12-23-53)61-43-50-25-24-47-16-13-17-48-30-41-59(64(58)61)63(50)62(47)48/h1-43H. The van der Waals surface area contributed by atoms with Crippen molar-refractivity contribution in [1.82, 2.24) is 4.57 Å². The van der Waals surface area contributed by atoms with Crippen LogP contribution in [0, 0.1) is 0 Å². The number of hydrogen-bond acceptors (Lipinski definition) is 2. The van der Waals surface area contributed by atoms with Crippen molar-refractivity contribution in [3.63, 3.8) is 0 Å². The van der Waals surface area contributed by atoms with Crippen LogP contribution in [0.25, 0.3) is 82.1 Å². The smallest absolute Gasteiger partial charge is 0.0553 e. The van der Waals surface area contributed by atoms with Gasteiger partial charge < -0.3 is 14.4 Å². The zero-order valence-corrected chi connectivity index (χ0v) is 36.7. The predicted octanol–water partition coefficient (Wildman–Crippen LogP) is 18.0. The van der Waals surface area contributed by atoms with Crippen LogP contribution in [0.15, 0.2) is 261 Å². The summed E-state index contributed by atoms with van der Waals surface area (Å²) in [5, 5.41) is 10.4. The number of fused-ring (bicyclic) bond motifs is 4. The van der Waals surface area contributed by atoms with Gasteiger partial charge >= 0.3 is 0 Å². The Bertz CT molecular complexity index is 3810. The highest BCUT2D eigenvalue weighted by atomic mass is 15.2. The third-order valence-electron chi connectivity index (χ3n) is 13.5. The van der Waals surface area contributed by atoms with E-state index in [9.17, 15) is 0 Å². The van der Waals surface area contributed by atoms with Crippen LogP contribution in [0.4, 0.5) is 34.1 Å². The second kappa shape index (κ2) is 16.0. The first kappa shape index (κ1) is 38.5. The fourth-order valence-electron chi connectivity index (χ4n) is 10.4. The van der Waals surface area contributed by atoms with Crippen LogP contribution >= 0.6 is 0 Å². The van der Waals surface area contributed by atoms with Crippen LogP contribution in [0.1, 0.15) is 0 Å². The maximum absolute atomic E-state index is 2.46. The van der Waals surface area contributed by atoms with E-state index in [0.29, 0.717) is 0 Å². The first-order valence-electron chi connectivity index (χ1n) is 23.0. The quantitative estimate of drug-likeness (QED) is 0.134. The number of nitrogens with zero attached hydrogens (tertiary/aromatic N) is 3. The lowest BCUT2D eigenvalue weighted by molar-refractivity contribution is 1.18. The summed E-state index contributed by atoms with van der Waals surface area (Å²) in [5.74, 6) is 0. The minimum atomic E-state index is 1.07. The number of anilines is 6. The molecule has 0 bridgehead atoms. The largest absolute Gasteiger partial charge is 0.311 e. The SMILES string of the molecule is c1ccc(-c2ccc(N(c3ccc(-c4ccc5c6c7ccc8cccc9ccc(cc6n(-c6ccccc6)c5c4)c7c98)cc3)c3ccc(N(c4ccccc4)c4ccccc4)cc3)cc2)cc1. The zero-order chi connectivity index (χ0) is 44.3. The van der Waals surface area contributed by atoms with E-state index in [-0.39, 0.29) is 0 Å². The molecule has 3 heteroatoms. The van der Waals surface area contributed by atoms with Crippen molar-refractivity contribution in [1.29, 1.82) is 0 Å². The van der Waals surface area contributed by atoms with E-state index in [1.165, 1.54) is 70.8 Å². The van der Waals surface area contributed by atoms with Gasteiger partial charge in [-0.25, -0.2) is 0 Å². The van der Waals surface area contributed by atoms with E-state index >= 15 is 0 Å². The van der Waals surface area contributed by atoms with Gasteiger partial charge in [0.05, 0.1) is 11.0 Å². The van der Waals surface area contributed by atoms with Gasteiger partial charge in [-0.05, 0) is 152 Å². The Balaban J connectivity index is 0.925.